The summed E-state index contributed by atoms with van der Waals surface area (Å²) in [6.45, 7) is 3.64. The number of carbonyl (C=O) groups excluding carboxylic acids is 1. The average Bonchev–Trinajstić information content (AvgIpc) is 2.46. The minimum atomic E-state index is -0.848. The maximum atomic E-state index is 13.8. The van der Waals surface area contributed by atoms with E-state index in [9.17, 15) is 9.18 Å². The molecule has 0 saturated carbocycles. The molecular weight excluding hydrogens is 269 g/mol. The first-order valence-electron chi connectivity index (χ1n) is 6.73. The number of rotatable bonds is 4. The van der Waals surface area contributed by atoms with Gasteiger partial charge in [-0.25, -0.2) is 9.18 Å². The molecule has 0 spiro atoms. The smallest absolute Gasteiger partial charge is 0.408 e. The monoisotopic (exact) mass is 287 g/mol. The van der Waals surface area contributed by atoms with Crippen LogP contribution in [0.4, 0.5) is 9.18 Å². The van der Waals surface area contributed by atoms with Crippen LogP contribution in [-0.4, -0.2) is 6.09 Å². The number of halogens is 1. The number of hydrogen-bond donors (Lipinski definition) is 1. The molecule has 0 heterocycles. The van der Waals surface area contributed by atoms with Gasteiger partial charge in [0.05, 0.1) is 5.54 Å². The van der Waals surface area contributed by atoms with Gasteiger partial charge in [-0.05, 0) is 25.5 Å². The summed E-state index contributed by atoms with van der Waals surface area (Å²) in [6, 6.07) is 15.7. The minimum Gasteiger partial charge on any atom is -0.445 e. The van der Waals surface area contributed by atoms with E-state index < -0.39 is 11.6 Å². The van der Waals surface area contributed by atoms with Gasteiger partial charge in [-0.2, -0.15) is 0 Å². The van der Waals surface area contributed by atoms with Crippen LogP contribution in [0.25, 0.3) is 0 Å². The summed E-state index contributed by atoms with van der Waals surface area (Å²) in [6.07, 6.45) is -0.577. The largest absolute Gasteiger partial charge is 0.445 e. The van der Waals surface area contributed by atoms with E-state index in [1.165, 1.54) is 6.07 Å². The fraction of sp³-hybridized carbons (Fsp3) is 0.235. The van der Waals surface area contributed by atoms with Crippen LogP contribution in [0.1, 0.15) is 25.0 Å². The molecule has 0 atom stereocenters. The molecule has 2 aromatic rings. The zero-order valence-corrected chi connectivity index (χ0v) is 12.1. The summed E-state index contributed by atoms with van der Waals surface area (Å²) in [5.74, 6) is -0.356. The molecule has 0 unspecified atom stereocenters. The van der Waals surface area contributed by atoms with Crippen LogP contribution in [0.5, 0.6) is 0 Å². The first kappa shape index (κ1) is 15.0. The molecule has 0 saturated heterocycles. The maximum absolute atomic E-state index is 13.8. The summed E-state index contributed by atoms with van der Waals surface area (Å²) in [4.78, 5) is 11.9. The Labute approximate surface area is 123 Å². The van der Waals surface area contributed by atoms with Gasteiger partial charge in [0.2, 0.25) is 0 Å². The van der Waals surface area contributed by atoms with Crippen molar-refractivity contribution in [1.29, 1.82) is 0 Å². The van der Waals surface area contributed by atoms with Crippen LogP contribution in [-0.2, 0) is 16.9 Å². The molecule has 0 aliphatic heterocycles. The van der Waals surface area contributed by atoms with E-state index >= 15 is 0 Å². The van der Waals surface area contributed by atoms with Crippen LogP contribution >= 0.6 is 0 Å². The predicted octanol–water partition coefficient (Wildman–Crippen LogP) is 3.99. The van der Waals surface area contributed by atoms with E-state index in [4.69, 9.17) is 4.74 Å². The van der Waals surface area contributed by atoms with E-state index in [0.717, 1.165) is 5.56 Å². The van der Waals surface area contributed by atoms with Crippen molar-refractivity contribution in [2.24, 2.45) is 0 Å². The highest BCUT2D eigenvalue weighted by atomic mass is 19.1. The van der Waals surface area contributed by atoms with Crippen molar-refractivity contribution in [2.45, 2.75) is 26.0 Å². The molecule has 0 aliphatic carbocycles. The van der Waals surface area contributed by atoms with Gasteiger partial charge in [0.25, 0.3) is 0 Å². The third-order valence-corrected chi connectivity index (χ3v) is 3.17. The van der Waals surface area contributed by atoms with Crippen LogP contribution in [0.2, 0.25) is 0 Å². The van der Waals surface area contributed by atoms with Gasteiger partial charge in [0, 0.05) is 5.56 Å². The second-order valence-corrected chi connectivity index (χ2v) is 5.29. The number of hydrogen-bond acceptors (Lipinski definition) is 2. The minimum absolute atomic E-state index is 0.181. The molecular formula is C17H18FNO2. The van der Waals surface area contributed by atoms with E-state index in [-0.39, 0.29) is 12.4 Å². The summed E-state index contributed by atoms with van der Waals surface area (Å²) < 4.78 is 18.9. The zero-order valence-electron chi connectivity index (χ0n) is 12.1. The Kier molecular flexibility index (Phi) is 4.58. The molecule has 1 amide bonds. The van der Waals surface area contributed by atoms with E-state index in [1.807, 2.05) is 30.3 Å². The molecule has 0 radical (unpaired) electrons. The number of alkyl carbamates (subject to hydrolysis) is 1. The molecule has 4 heteroatoms. The molecule has 2 aromatic carbocycles. The molecule has 0 aliphatic rings. The second kappa shape index (κ2) is 6.39. The van der Waals surface area contributed by atoms with Crippen LogP contribution < -0.4 is 5.32 Å². The SMILES string of the molecule is CC(C)(NC(=O)OCc1ccccc1)c1ccccc1F. The van der Waals surface area contributed by atoms with Gasteiger partial charge in [0.1, 0.15) is 12.4 Å². The van der Waals surface area contributed by atoms with Crippen molar-refractivity contribution in [1.82, 2.24) is 5.32 Å². The molecule has 3 nitrogen and oxygen atoms in total. The van der Waals surface area contributed by atoms with Gasteiger partial charge < -0.3 is 10.1 Å². The fourth-order valence-electron chi connectivity index (χ4n) is 2.05. The van der Waals surface area contributed by atoms with Gasteiger partial charge in [-0.1, -0.05) is 48.5 Å². The van der Waals surface area contributed by atoms with Crippen molar-refractivity contribution in [2.75, 3.05) is 0 Å². The normalized spacial score (nSPS) is 11.0. The van der Waals surface area contributed by atoms with Crippen LogP contribution in [0.3, 0.4) is 0 Å². The van der Waals surface area contributed by atoms with Crippen molar-refractivity contribution in [3.63, 3.8) is 0 Å². The Morgan fingerprint density at radius 3 is 2.38 bits per heavy atom. The standard InChI is InChI=1S/C17H18FNO2/c1-17(2,14-10-6-7-11-15(14)18)19-16(20)21-12-13-8-4-3-5-9-13/h3-11H,12H2,1-2H3,(H,19,20). The first-order chi connectivity index (χ1) is 9.99. The quantitative estimate of drug-likeness (QED) is 0.923. The second-order valence-electron chi connectivity index (χ2n) is 5.29. The third-order valence-electron chi connectivity index (χ3n) is 3.17. The number of nitrogens with one attached hydrogen (secondary N) is 1. The van der Waals surface area contributed by atoms with Crippen molar-refractivity contribution < 1.29 is 13.9 Å². The van der Waals surface area contributed by atoms with Crippen molar-refractivity contribution in [3.05, 3.63) is 71.5 Å². The lowest BCUT2D eigenvalue weighted by atomic mass is 9.94. The van der Waals surface area contributed by atoms with E-state index in [0.29, 0.717) is 5.56 Å². The predicted molar refractivity (Wildman–Crippen MR) is 79.2 cm³/mol. The van der Waals surface area contributed by atoms with Crippen molar-refractivity contribution in [3.8, 4) is 0 Å². The lowest BCUT2D eigenvalue weighted by Gasteiger charge is -2.26. The van der Waals surface area contributed by atoms with Crippen LogP contribution in [0, 0.1) is 5.82 Å². The first-order valence-corrected chi connectivity index (χ1v) is 6.73. The summed E-state index contributed by atoms with van der Waals surface area (Å²) in [5, 5.41) is 2.68. The highest BCUT2D eigenvalue weighted by Crippen LogP contribution is 2.22. The van der Waals surface area contributed by atoms with Gasteiger partial charge in [0.15, 0.2) is 0 Å². The van der Waals surface area contributed by atoms with Gasteiger partial charge in [-0.15, -0.1) is 0 Å². The van der Waals surface area contributed by atoms with Gasteiger partial charge >= 0.3 is 6.09 Å². The summed E-state index contributed by atoms with van der Waals surface area (Å²) in [7, 11) is 0. The Morgan fingerprint density at radius 1 is 1.10 bits per heavy atom. The molecule has 110 valence electrons. The Balaban J connectivity index is 1.97. The zero-order chi connectivity index (χ0) is 15.3. The topological polar surface area (TPSA) is 38.3 Å². The fourth-order valence-corrected chi connectivity index (χ4v) is 2.05. The molecule has 1 N–H and O–H groups in total. The number of benzene rings is 2. The average molecular weight is 287 g/mol. The number of ether oxygens (including phenoxy) is 1. The van der Waals surface area contributed by atoms with Crippen LogP contribution in [0.15, 0.2) is 54.6 Å². The molecule has 21 heavy (non-hydrogen) atoms. The molecule has 2 rings (SSSR count). The molecule has 0 aromatic heterocycles. The Bertz CT molecular complexity index is 611. The Hall–Kier alpha value is -2.36. The Morgan fingerprint density at radius 2 is 1.71 bits per heavy atom. The highest BCUT2D eigenvalue weighted by Gasteiger charge is 2.26. The third kappa shape index (κ3) is 4.05. The summed E-state index contributed by atoms with van der Waals surface area (Å²) >= 11 is 0. The lowest BCUT2D eigenvalue weighted by molar-refractivity contribution is 0.129. The van der Waals surface area contributed by atoms with Crippen molar-refractivity contribution >= 4 is 6.09 Å². The lowest BCUT2D eigenvalue weighted by Crippen LogP contribution is -2.41. The highest BCUT2D eigenvalue weighted by molar-refractivity contribution is 5.68. The maximum Gasteiger partial charge on any atom is 0.408 e. The molecule has 0 fully saturated rings. The van der Waals surface area contributed by atoms with E-state index in [1.54, 1.807) is 32.0 Å². The molecule has 0 bridgehead atoms. The van der Waals surface area contributed by atoms with Gasteiger partial charge in [-0.3, -0.25) is 0 Å². The number of amides is 1. The van der Waals surface area contributed by atoms with E-state index in [2.05, 4.69) is 5.32 Å². The summed E-state index contributed by atoms with van der Waals surface area (Å²) in [5.41, 5.74) is 0.470. The number of carbonyl (C=O) groups is 1.